The summed E-state index contributed by atoms with van der Waals surface area (Å²) in [7, 11) is 0. The second-order valence-electron chi connectivity index (χ2n) is 5.77. The van der Waals surface area contributed by atoms with Crippen LogP contribution in [0.15, 0.2) is 30.3 Å². The second-order valence-corrected chi connectivity index (χ2v) is 5.77. The number of aliphatic hydroxyl groups is 4. The average molecular weight is 338 g/mol. The molecule has 1 aromatic carbocycles. The van der Waals surface area contributed by atoms with Gasteiger partial charge in [0, 0.05) is 0 Å². The molecule has 5 N–H and O–H groups in total. The smallest absolute Gasteiger partial charge is 0.335 e. The summed E-state index contributed by atoms with van der Waals surface area (Å²) in [6.07, 6.45) is -7.22. The molecule has 0 aromatic heterocycles. The zero-order chi connectivity index (χ0) is 17.4. The molecule has 0 radical (unpaired) electrons. The van der Waals surface area contributed by atoms with Crippen LogP contribution in [0.1, 0.15) is 17.2 Å². The number of fused-ring (bicyclic) bond motifs is 1. The lowest BCUT2D eigenvalue weighted by atomic mass is 9.92. The molecule has 8 heteroatoms. The van der Waals surface area contributed by atoms with E-state index < -0.39 is 48.9 Å². The summed E-state index contributed by atoms with van der Waals surface area (Å²) in [5.74, 6) is -1.49. The molecule has 2 aliphatic rings. The van der Waals surface area contributed by atoms with Gasteiger partial charge in [0.15, 0.2) is 12.4 Å². The molecule has 1 aromatic rings. The van der Waals surface area contributed by atoms with Crippen LogP contribution in [0.2, 0.25) is 0 Å². The fourth-order valence-corrected chi connectivity index (χ4v) is 2.87. The SMILES string of the molecule is O=C(O)[C@H]1O[C@@H](O[C@@H]2c3ccccc3C=C[C@H]2O)[C@H](O)[C@@H](O)[C@@H]1O. The number of aliphatic carboxylic acids is 1. The lowest BCUT2D eigenvalue weighted by Crippen LogP contribution is -2.60. The van der Waals surface area contributed by atoms with Crippen molar-refractivity contribution in [3.63, 3.8) is 0 Å². The van der Waals surface area contributed by atoms with Crippen LogP contribution >= 0.6 is 0 Å². The van der Waals surface area contributed by atoms with Crippen molar-refractivity contribution in [3.05, 3.63) is 41.5 Å². The van der Waals surface area contributed by atoms with E-state index in [9.17, 15) is 25.2 Å². The average Bonchev–Trinajstić information content (AvgIpc) is 2.57. The number of hydrogen-bond acceptors (Lipinski definition) is 7. The molecule has 7 atom stereocenters. The van der Waals surface area contributed by atoms with Crippen molar-refractivity contribution in [2.75, 3.05) is 0 Å². The van der Waals surface area contributed by atoms with Crippen LogP contribution in [-0.2, 0) is 14.3 Å². The summed E-state index contributed by atoms with van der Waals surface area (Å²) in [5, 5.41) is 48.7. The maximum atomic E-state index is 11.1. The van der Waals surface area contributed by atoms with E-state index in [1.165, 1.54) is 6.08 Å². The molecule has 130 valence electrons. The van der Waals surface area contributed by atoms with Crippen LogP contribution in [0, 0.1) is 0 Å². The van der Waals surface area contributed by atoms with E-state index >= 15 is 0 Å². The van der Waals surface area contributed by atoms with Gasteiger partial charge in [0.1, 0.15) is 30.5 Å². The van der Waals surface area contributed by atoms with Gasteiger partial charge in [-0.1, -0.05) is 36.4 Å². The third kappa shape index (κ3) is 2.95. The Morgan fingerprint density at radius 1 is 1.04 bits per heavy atom. The van der Waals surface area contributed by atoms with E-state index in [-0.39, 0.29) is 0 Å². The number of aliphatic hydroxyl groups excluding tert-OH is 4. The third-order valence-electron chi connectivity index (χ3n) is 4.18. The van der Waals surface area contributed by atoms with Crippen molar-refractivity contribution in [2.45, 2.75) is 42.9 Å². The molecule has 0 saturated carbocycles. The first kappa shape index (κ1) is 17.0. The molecule has 1 heterocycles. The van der Waals surface area contributed by atoms with E-state index in [1.54, 1.807) is 18.2 Å². The normalized spacial score (nSPS) is 38.6. The van der Waals surface area contributed by atoms with Crippen molar-refractivity contribution in [1.82, 2.24) is 0 Å². The molecule has 8 nitrogen and oxygen atoms in total. The maximum absolute atomic E-state index is 11.1. The van der Waals surface area contributed by atoms with Crippen LogP contribution in [0.4, 0.5) is 0 Å². The monoisotopic (exact) mass is 338 g/mol. The molecule has 0 bridgehead atoms. The summed E-state index contributed by atoms with van der Waals surface area (Å²) in [5.41, 5.74) is 1.43. The molecule has 3 rings (SSSR count). The molecule has 24 heavy (non-hydrogen) atoms. The summed E-state index contributed by atoms with van der Waals surface area (Å²) in [6, 6.07) is 7.09. The Morgan fingerprint density at radius 3 is 2.46 bits per heavy atom. The van der Waals surface area contributed by atoms with Gasteiger partial charge in [0.2, 0.25) is 0 Å². The van der Waals surface area contributed by atoms with Gasteiger partial charge in [-0.2, -0.15) is 0 Å². The lowest BCUT2D eigenvalue weighted by molar-refractivity contribution is -0.310. The number of rotatable bonds is 3. The molecule has 1 aliphatic carbocycles. The van der Waals surface area contributed by atoms with Crippen molar-refractivity contribution in [2.24, 2.45) is 0 Å². The van der Waals surface area contributed by atoms with Gasteiger partial charge < -0.3 is 35.0 Å². The summed E-state index contributed by atoms with van der Waals surface area (Å²) in [4.78, 5) is 11.1. The Morgan fingerprint density at radius 2 is 1.75 bits per heavy atom. The summed E-state index contributed by atoms with van der Waals surface area (Å²) in [6.45, 7) is 0. The van der Waals surface area contributed by atoms with E-state index in [0.717, 1.165) is 5.56 Å². The van der Waals surface area contributed by atoms with Gasteiger partial charge in [0.25, 0.3) is 0 Å². The minimum absolute atomic E-state index is 0.635. The highest BCUT2D eigenvalue weighted by Crippen LogP contribution is 2.34. The van der Waals surface area contributed by atoms with Crippen LogP contribution in [0.3, 0.4) is 0 Å². The largest absolute Gasteiger partial charge is 0.479 e. The molecule has 1 fully saturated rings. The minimum atomic E-state index is -1.79. The van der Waals surface area contributed by atoms with E-state index in [1.807, 2.05) is 12.1 Å². The number of carboxylic acids is 1. The van der Waals surface area contributed by atoms with Gasteiger partial charge in [-0.05, 0) is 11.1 Å². The minimum Gasteiger partial charge on any atom is -0.479 e. The standard InChI is InChI=1S/C16H18O8/c17-9-6-5-7-3-1-2-4-8(7)13(9)23-16-12(20)10(18)11(19)14(24-16)15(21)22/h1-6,9-14,16-20H,(H,21,22)/t9-,10+,11+,12-,13-,14+,16-/m1/s1. The number of ether oxygens (including phenoxy) is 2. The molecule has 0 unspecified atom stereocenters. The van der Waals surface area contributed by atoms with Gasteiger partial charge in [-0.3, -0.25) is 0 Å². The number of benzene rings is 1. The Labute approximate surface area is 137 Å². The van der Waals surface area contributed by atoms with Crippen molar-refractivity contribution in [1.29, 1.82) is 0 Å². The molecule has 0 amide bonds. The Kier molecular flexibility index (Phi) is 4.68. The third-order valence-corrected chi connectivity index (χ3v) is 4.18. The highest BCUT2D eigenvalue weighted by molar-refractivity contribution is 5.73. The lowest BCUT2D eigenvalue weighted by Gasteiger charge is -2.40. The van der Waals surface area contributed by atoms with E-state index in [2.05, 4.69) is 0 Å². The number of carboxylic acid groups (broad SMARTS) is 1. The highest BCUT2D eigenvalue weighted by atomic mass is 16.7. The molecular formula is C16H18O8. The van der Waals surface area contributed by atoms with E-state index in [4.69, 9.17) is 14.6 Å². The first-order chi connectivity index (χ1) is 11.4. The predicted octanol–water partition coefficient (Wildman–Crippen LogP) is -0.976. The molecule has 1 saturated heterocycles. The number of hydrogen-bond donors (Lipinski definition) is 5. The molecular weight excluding hydrogens is 320 g/mol. The first-order valence-electron chi connectivity index (χ1n) is 7.43. The van der Waals surface area contributed by atoms with Crippen LogP contribution in [0.5, 0.6) is 0 Å². The van der Waals surface area contributed by atoms with Crippen LogP contribution in [0.25, 0.3) is 6.08 Å². The van der Waals surface area contributed by atoms with Crippen molar-refractivity contribution >= 4 is 12.0 Å². The van der Waals surface area contributed by atoms with Crippen LogP contribution < -0.4 is 0 Å². The van der Waals surface area contributed by atoms with Crippen molar-refractivity contribution < 1.29 is 39.8 Å². The van der Waals surface area contributed by atoms with Gasteiger partial charge in [-0.25, -0.2) is 4.79 Å². The predicted molar refractivity (Wildman–Crippen MR) is 79.6 cm³/mol. The highest BCUT2D eigenvalue weighted by Gasteiger charge is 2.48. The topological polar surface area (TPSA) is 137 Å². The van der Waals surface area contributed by atoms with Gasteiger partial charge in [-0.15, -0.1) is 0 Å². The van der Waals surface area contributed by atoms with Crippen molar-refractivity contribution in [3.8, 4) is 0 Å². The fourth-order valence-electron chi connectivity index (χ4n) is 2.87. The summed E-state index contributed by atoms with van der Waals surface area (Å²) < 4.78 is 10.7. The Balaban J connectivity index is 1.84. The van der Waals surface area contributed by atoms with Gasteiger partial charge >= 0.3 is 5.97 Å². The van der Waals surface area contributed by atoms with Gasteiger partial charge in [0.05, 0.1) is 0 Å². The zero-order valence-electron chi connectivity index (χ0n) is 12.5. The first-order valence-corrected chi connectivity index (χ1v) is 7.43. The summed E-state index contributed by atoms with van der Waals surface area (Å²) >= 11 is 0. The molecule has 1 aliphatic heterocycles. The zero-order valence-corrected chi connectivity index (χ0v) is 12.5. The van der Waals surface area contributed by atoms with Crippen LogP contribution in [-0.4, -0.2) is 68.3 Å². The van der Waals surface area contributed by atoms with E-state index in [0.29, 0.717) is 5.56 Å². The fraction of sp³-hybridized carbons (Fsp3) is 0.438. The quantitative estimate of drug-likeness (QED) is 0.474. The number of carbonyl (C=O) groups is 1. The molecule has 0 spiro atoms. The Hall–Kier alpha value is -1.81. The second kappa shape index (κ2) is 6.60. The maximum Gasteiger partial charge on any atom is 0.335 e. The Bertz CT molecular complexity index is 645.